The molecule has 2 aliphatic heterocycles. The van der Waals surface area contributed by atoms with E-state index in [1.807, 2.05) is 4.90 Å². The molecule has 0 bridgehead atoms. The van der Waals surface area contributed by atoms with Crippen molar-refractivity contribution < 1.29 is 18.0 Å². The predicted molar refractivity (Wildman–Crippen MR) is 113 cm³/mol. The number of carbonyl (C=O) groups is 1. The van der Waals surface area contributed by atoms with E-state index in [-0.39, 0.29) is 11.6 Å². The fraction of sp³-hybridized carbons (Fsp3) is 0.391. The lowest BCUT2D eigenvalue weighted by Crippen LogP contribution is -2.37. The van der Waals surface area contributed by atoms with E-state index in [0.717, 1.165) is 31.6 Å². The van der Waals surface area contributed by atoms with Gasteiger partial charge in [0.25, 0.3) is 5.91 Å². The summed E-state index contributed by atoms with van der Waals surface area (Å²) in [5.74, 6) is 0.289. The first kappa shape index (κ1) is 20.8. The summed E-state index contributed by atoms with van der Waals surface area (Å²) in [5, 5.41) is 4.33. The third-order valence-corrected chi connectivity index (χ3v) is 6.35. The van der Waals surface area contributed by atoms with Gasteiger partial charge in [-0.1, -0.05) is 6.07 Å². The molecule has 0 aliphatic carbocycles. The number of hydrogen-bond donors (Lipinski definition) is 0. The molecule has 0 N–H and O–H groups in total. The van der Waals surface area contributed by atoms with Crippen LogP contribution in [0.4, 0.5) is 13.2 Å². The molecule has 2 saturated heterocycles. The first-order valence-electron chi connectivity index (χ1n) is 10.8. The van der Waals surface area contributed by atoms with Gasteiger partial charge in [0, 0.05) is 31.5 Å². The van der Waals surface area contributed by atoms with Crippen molar-refractivity contribution in [3.63, 3.8) is 0 Å². The molecule has 2 aliphatic rings. The molecular formula is C23H24F3N5O. The predicted octanol–water partition coefficient (Wildman–Crippen LogP) is 3.99. The molecule has 1 aromatic carbocycles. The van der Waals surface area contributed by atoms with Gasteiger partial charge in [0.2, 0.25) is 0 Å². The van der Waals surface area contributed by atoms with E-state index < -0.39 is 11.7 Å². The number of carbonyl (C=O) groups excluding carboxylic acids is 1. The Kier molecular flexibility index (Phi) is 5.28. The van der Waals surface area contributed by atoms with Crippen molar-refractivity contribution in [2.24, 2.45) is 0 Å². The number of alkyl halides is 3. The quantitative estimate of drug-likeness (QED) is 0.613. The zero-order valence-electron chi connectivity index (χ0n) is 17.5. The van der Waals surface area contributed by atoms with Crippen LogP contribution in [0.5, 0.6) is 0 Å². The van der Waals surface area contributed by atoms with Crippen molar-refractivity contribution in [2.45, 2.75) is 31.5 Å². The molecule has 0 radical (unpaired) electrons. The van der Waals surface area contributed by atoms with Gasteiger partial charge in [0.15, 0.2) is 5.82 Å². The number of hydrogen-bond acceptors (Lipinski definition) is 3. The fourth-order valence-corrected chi connectivity index (χ4v) is 4.72. The summed E-state index contributed by atoms with van der Waals surface area (Å²) in [5.41, 5.74) is -0.135. The Morgan fingerprint density at radius 1 is 1.03 bits per heavy atom. The van der Waals surface area contributed by atoms with E-state index in [4.69, 9.17) is 0 Å². The van der Waals surface area contributed by atoms with Crippen LogP contribution >= 0.6 is 0 Å². The smallest absolute Gasteiger partial charge is 0.337 e. The molecule has 3 aromatic rings. The van der Waals surface area contributed by atoms with E-state index in [1.54, 1.807) is 35.2 Å². The maximum atomic E-state index is 13.5. The number of halogens is 3. The van der Waals surface area contributed by atoms with E-state index in [1.165, 1.54) is 29.8 Å². The van der Waals surface area contributed by atoms with Crippen molar-refractivity contribution in [3.8, 4) is 11.5 Å². The summed E-state index contributed by atoms with van der Waals surface area (Å²) in [6.45, 7) is 3.49. The minimum absolute atomic E-state index is 0.145. The van der Waals surface area contributed by atoms with Crippen LogP contribution in [0.15, 0.2) is 55.0 Å². The molecule has 2 fully saturated rings. The van der Waals surface area contributed by atoms with E-state index in [9.17, 15) is 18.0 Å². The van der Waals surface area contributed by atoms with Gasteiger partial charge in [0.05, 0.1) is 17.4 Å². The average Bonchev–Trinajstić information content (AvgIpc) is 3.57. The van der Waals surface area contributed by atoms with Crippen molar-refractivity contribution in [1.29, 1.82) is 0 Å². The van der Waals surface area contributed by atoms with Gasteiger partial charge >= 0.3 is 6.18 Å². The van der Waals surface area contributed by atoms with Crippen LogP contribution in [0.3, 0.4) is 0 Å². The topological polar surface area (TPSA) is 46.3 Å². The minimum Gasteiger partial charge on any atom is -0.337 e. The largest absolute Gasteiger partial charge is 0.416 e. The molecule has 32 heavy (non-hydrogen) atoms. The third kappa shape index (κ3) is 3.81. The summed E-state index contributed by atoms with van der Waals surface area (Å²) in [6.07, 6.45) is 3.85. The molecule has 6 nitrogen and oxygen atoms in total. The number of rotatable bonds is 4. The number of amides is 1. The van der Waals surface area contributed by atoms with Crippen LogP contribution in [0.2, 0.25) is 0 Å². The van der Waals surface area contributed by atoms with Gasteiger partial charge in [-0.15, -0.1) is 0 Å². The normalized spacial score (nSPS) is 19.7. The highest BCUT2D eigenvalue weighted by molar-refractivity contribution is 5.97. The summed E-state index contributed by atoms with van der Waals surface area (Å²) in [7, 11) is 0. The first-order chi connectivity index (χ1) is 15.4. The van der Waals surface area contributed by atoms with Crippen LogP contribution in [-0.4, -0.2) is 62.3 Å². The molecule has 1 atom stereocenters. The zero-order chi connectivity index (χ0) is 22.3. The van der Waals surface area contributed by atoms with Crippen LogP contribution in [0, 0.1) is 0 Å². The Bertz CT molecular complexity index is 1100. The van der Waals surface area contributed by atoms with Crippen molar-refractivity contribution >= 4 is 5.91 Å². The second-order valence-electron chi connectivity index (χ2n) is 8.37. The highest BCUT2D eigenvalue weighted by Crippen LogP contribution is 2.31. The number of aromatic nitrogens is 3. The molecule has 0 saturated carbocycles. The molecule has 4 heterocycles. The van der Waals surface area contributed by atoms with Crippen LogP contribution < -0.4 is 0 Å². The highest BCUT2D eigenvalue weighted by atomic mass is 19.4. The summed E-state index contributed by atoms with van der Waals surface area (Å²) >= 11 is 0. The zero-order valence-corrected chi connectivity index (χ0v) is 17.5. The van der Waals surface area contributed by atoms with Gasteiger partial charge in [-0.2, -0.15) is 18.3 Å². The maximum absolute atomic E-state index is 13.5. The molecular weight excluding hydrogens is 419 g/mol. The number of benzene rings is 1. The lowest BCUT2D eigenvalue weighted by atomic mass is 10.2. The summed E-state index contributed by atoms with van der Waals surface area (Å²) in [4.78, 5) is 17.7. The molecule has 1 unspecified atom stereocenters. The Morgan fingerprint density at radius 3 is 2.50 bits per heavy atom. The van der Waals surface area contributed by atoms with Crippen molar-refractivity contribution in [3.05, 3.63) is 66.1 Å². The second kappa shape index (κ2) is 8.12. The second-order valence-corrected chi connectivity index (χ2v) is 8.37. The van der Waals surface area contributed by atoms with Gasteiger partial charge in [-0.05, 0) is 62.7 Å². The number of nitrogens with zero attached hydrogens (tertiary/aromatic N) is 5. The molecule has 2 aromatic heterocycles. The minimum atomic E-state index is -4.46. The summed E-state index contributed by atoms with van der Waals surface area (Å²) < 4.78 is 42.9. The molecule has 168 valence electrons. The van der Waals surface area contributed by atoms with Crippen LogP contribution in [-0.2, 0) is 6.18 Å². The molecule has 0 spiro atoms. The van der Waals surface area contributed by atoms with Crippen LogP contribution in [0.1, 0.15) is 35.2 Å². The average molecular weight is 443 g/mol. The molecule has 5 rings (SSSR count). The summed E-state index contributed by atoms with van der Waals surface area (Å²) in [6, 6.07) is 8.96. The Hall–Kier alpha value is -3.07. The van der Waals surface area contributed by atoms with Crippen LogP contribution in [0.25, 0.3) is 11.5 Å². The van der Waals surface area contributed by atoms with Gasteiger partial charge < -0.3 is 9.47 Å². The Balaban J connectivity index is 1.49. The maximum Gasteiger partial charge on any atom is 0.416 e. The van der Waals surface area contributed by atoms with E-state index >= 15 is 0 Å². The molecule has 1 amide bonds. The Morgan fingerprint density at radius 2 is 1.78 bits per heavy atom. The Labute approximate surface area is 183 Å². The standard InChI is InChI=1S/C23H24F3N5O/c24-23(25,26)17-6-5-7-18(14-17)31-21(29-11-3-4-12-29)20(15-27-31)22(32)30-13-8-19(16-30)28-9-1-2-10-28/h3-7,11-12,14-15,19H,1-2,8-10,13,16H2. The highest BCUT2D eigenvalue weighted by Gasteiger charge is 2.34. The lowest BCUT2D eigenvalue weighted by Gasteiger charge is -2.23. The molecule has 9 heteroatoms. The lowest BCUT2D eigenvalue weighted by molar-refractivity contribution is -0.137. The van der Waals surface area contributed by atoms with Gasteiger partial charge in [-0.3, -0.25) is 9.69 Å². The van der Waals surface area contributed by atoms with E-state index in [2.05, 4.69) is 10.00 Å². The SMILES string of the molecule is O=C(c1cnn(-c2cccc(C(F)(F)F)c2)c1-n1cccc1)N1CCC(N2CCCC2)C1. The fourth-order valence-electron chi connectivity index (χ4n) is 4.72. The monoisotopic (exact) mass is 443 g/mol. The van der Waals surface area contributed by atoms with Gasteiger partial charge in [0.1, 0.15) is 5.56 Å². The van der Waals surface area contributed by atoms with Crippen molar-refractivity contribution in [1.82, 2.24) is 24.1 Å². The van der Waals surface area contributed by atoms with Gasteiger partial charge in [-0.25, -0.2) is 4.68 Å². The third-order valence-electron chi connectivity index (χ3n) is 6.35. The number of likely N-dealkylation sites (tertiary alicyclic amines) is 2. The van der Waals surface area contributed by atoms with E-state index in [0.29, 0.717) is 30.5 Å². The van der Waals surface area contributed by atoms with Crippen molar-refractivity contribution in [2.75, 3.05) is 26.2 Å². The first-order valence-corrected chi connectivity index (χ1v) is 10.8.